The number of rotatable bonds is 7. The zero-order chi connectivity index (χ0) is 15.2. The topological polar surface area (TPSA) is 38.3 Å². The van der Waals surface area contributed by atoms with Crippen LogP contribution in [-0.4, -0.2) is 19.1 Å². The lowest BCUT2D eigenvalue weighted by Gasteiger charge is -2.28. The molecule has 0 aromatic heterocycles. The van der Waals surface area contributed by atoms with E-state index in [-0.39, 0.29) is 5.97 Å². The molecule has 1 rings (SSSR count). The van der Waals surface area contributed by atoms with Crippen molar-refractivity contribution in [1.82, 2.24) is 5.32 Å². The summed E-state index contributed by atoms with van der Waals surface area (Å²) in [5.74, 6) is 0.407. The smallest absolute Gasteiger partial charge is 0.330 e. The monoisotopic (exact) mass is 277 g/mol. The Morgan fingerprint density at radius 2 is 1.85 bits per heavy atom. The normalized spacial score (nSPS) is 14.1. The molecule has 0 aliphatic carbocycles. The van der Waals surface area contributed by atoms with Gasteiger partial charge in [0.2, 0.25) is 0 Å². The zero-order valence-corrected chi connectivity index (χ0v) is 13.3. The SMILES string of the molecule is CCNC(C)(C(=O)OCC)c1ccc(CC(C)C)cc1. The summed E-state index contributed by atoms with van der Waals surface area (Å²) < 4.78 is 5.21. The first-order valence-electron chi connectivity index (χ1n) is 7.45. The Balaban J connectivity index is 3.00. The van der Waals surface area contributed by atoms with Crippen molar-refractivity contribution in [3.05, 3.63) is 35.4 Å². The molecule has 3 nitrogen and oxygen atoms in total. The van der Waals surface area contributed by atoms with Crippen LogP contribution in [0.25, 0.3) is 0 Å². The first-order chi connectivity index (χ1) is 9.43. The molecular formula is C17H27NO2. The Morgan fingerprint density at radius 1 is 1.25 bits per heavy atom. The first-order valence-corrected chi connectivity index (χ1v) is 7.45. The highest BCUT2D eigenvalue weighted by Crippen LogP contribution is 2.23. The van der Waals surface area contributed by atoms with Crippen LogP contribution >= 0.6 is 0 Å². The van der Waals surface area contributed by atoms with Gasteiger partial charge in [0.1, 0.15) is 5.54 Å². The summed E-state index contributed by atoms with van der Waals surface area (Å²) in [6.45, 7) is 11.2. The molecule has 20 heavy (non-hydrogen) atoms. The van der Waals surface area contributed by atoms with Gasteiger partial charge in [0.05, 0.1) is 6.61 Å². The van der Waals surface area contributed by atoms with E-state index >= 15 is 0 Å². The molecule has 0 amide bonds. The third kappa shape index (κ3) is 4.07. The maximum absolute atomic E-state index is 12.2. The average Bonchev–Trinajstić information content (AvgIpc) is 2.39. The summed E-state index contributed by atoms with van der Waals surface area (Å²) in [6.07, 6.45) is 1.05. The highest BCUT2D eigenvalue weighted by atomic mass is 16.5. The minimum absolute atomic E-state index is 0.224. The van der Waals surface area contributed by atoms with Crippen molar-refractivity contribution < 1.29 is 9.53 Å². The summed E-state index contributed by atoms with van der Waals surface area (Å²) in [5, 5.41) is 3.25. The van der Waals surface area contributed by atoms with E-state index in [1.807, 2.05) is 32.9 Å². The maximum atomic E-state index is 12.2. The van der Waals surface area contributed by atoms with Gasteiger partial charge in [-0.15, -0.1) is 0 Å². The molecule has 0 heterocycles. The van der Waals surface area contributed by atoms with Crippen LogP contribution in [0.3, 0.4) is 0 Å². The van der Waals surface area contributed by atoms with Crippen LogP contribution in [0.15, 0.2) is 24.3 Å². The molecule has 1 N–H and O–H groups in total. The molecule has 1 aromatic carbocycles. The molecule has 1 aromatic rings. The van der Waals surface area contributed by atoms with E-state index in [1.165, 1.54) is 5.56 Å². The third-order valence-electron chi connectivity index (χ3n) is 3.39. The molecule has 1 atom stereocenters. The van der Waals surface area contributed by atoms with Crippen molar-refractivity contribution in [3.8, 4) is 0 Å². The number of benzene rings is 1. The molecule has 0 radical (unpaired) electrons. The van der Waals surface area contributed by atoms with E-state index in [4.69, 9.17) is 4.74 Å². The predicted octanol–water partition coefficient (Wildman–Crippen LogP) is 3.27. The van der Waals surface area contributed by atoms with E-state index in [2.05, 4.69) is 31.3 Å². The number of hydrogen-bond acceptors (Lipinski definition) is 3. The Kier molecular flexibility index (Phi) is 6.21. The number of hydrogen-bond donors (Lipinski definition) is 1. The van der Waals surface area contributed by atoms with Crippen molar-refractivity contribution in [3.63, 3.8) is 0 Å². The van der Waals surface area contributed by atoms with Crippen LogP contribution < -0.4 is 5.32 Å². The molecule has 0 aliphatic heterocycles. The Morgan fingerprint density at radius 3 is 2.30 bits per heavy atom. The number of nitrogens with one attached hydrogen (secondary N) is 1. The van der Waals surface area contributed by atoms with Crippen LogP contribution in [0.5, 0.6) is 0 Å². The highest BCUT2D eigenvalue weighted by Gasteiger charge is 2.35. The molecule has 0 saturated heterocycles. The van der Waals surface area contributed by atoms with Crippen molar-refractivity contribution in [1.29, 1.82) is 0 Å². The summed E-state index contributed by atoms with van der Waals surface area (Å²) >= 11 is 0. The van der Waals surface area contributed by atoms with E-state index in [1.54, 1.807) is 0 Å². The fourth-order valence-electron chi connectivity index (χ4n) is 2.37. The quantitative estimate of drug-likeness (QED) is 0.777. The van der Waals surface area contributed by atoms with Gasteiger partial charge < -0.3 is 4.74 Å². The number of esters is 1. The lowest BCUT2D eigenvalue weighted by molar-refractivity contribution is -0.151. The molecule has 112 valence electrons. The molecule has 0 saturated carbocycles. The Labute approximate surface area is 122 Å². The lowest BCUT2D eigenvalue weighted by atomic mass is 9.90. The molecule has 0 bridgehead atoms. The van der Waals surface area contributed by atoms with Gasteiger partial charge in [0.15, 0.2) is 0 Å². The van der Waals surface area contributed by atoms with Gasteiger partial charge in [-0.25, -0.2) is 4.79 Å². The lowest BCUT2D eigenvalue weighted by Crippen LogP contribution is -2.47. The van der Waals surface area contributed by atoms with E-state index in [0.29, 0.717) is 19.1 Å². The number of likely N-dealkylation sites (N-methyl/N-ethyl adjacent to an activating group) is 1. The molecule has 3 heteroatoms. The molecule has 1 unspecified atom stereocenters. The van der Waals surface area contributed by atoms with Gasteiger partial charge in [-0.1, -0.05) is 45.0 Å². The number of carbonyl (C=O) groups excluding carboxylic acids is 1. The minimum Gasteiger partial charge on any atom is -0.464 e. The minimum atomic E-state index is -0.777. The average molecular weight is 277 g/mol. The van der Waals surface area contributed by atoms with Gasteiger partial charge in [0.25, 0.3) is 0 Å². The van der Waals surface area contributed by atoms with E-state index in [9.17, 15) is 4.79 Å². The fraction of sp³-hybridized carbons (Fsp3) is 0.588. The van der Waals surface area contributed by atoms with Crippen LogP contribution in [0, 0.1) is 5.92 Å². The van der Waals surface area contributed by atoms with Crippen molar-refractivity contribution >= 4 is 5.97 Å². The second-order valence-electron chi connectivity index (χ2n) is 5.67. The molecule has 0 spiro atoms. The predicted molar refractivity (Wildman–Crippen MR) is 82.6 cm³/mol. The fourth-order valence-corrected chi connectivity index (χ4v) is 2.37. The summed E-state index contributed by atoms with van der Waals surface area (Å²) in [7, 11) is 0. The van der Waals surface area contributed by atoms with E-state index < -0.39 is 5.54 Å². The molecular weight excluding hydrogens is 250 g/mol. The van der Waals surface area contributed by atoms with Crippen LogP contribution in [0.1, 0.15) is 45.7 Å². The summed E-state index contributed by atoms with van der Waals surface area (Å²) in [5.41, 5.74) is 1.47. The van der Waals surface area contributed by atoms with Gasteiger partial charge >= 0.3 is 5.97 Å². The maximum Gasteiger partial charge on any atom is 0.330 e. The van der Waals surface area contributed by atoms with Crippen LogP contribution in [-0.2, 0) is 21.5 Å². The van der Waals surface area contributed by atoms with Crippen LogP contribution in [0.2, 0.25) is 0 Å². The second kappa shape index (κ2) is 7.44. The van der Waals surface area contributed by atoms with Crippen molar-refractivity contribution in [2.45, 2.75) is 46.6 Å². The highest BCUT2D eigenvalue weighted by molar-refractivity contribution is 5.82. The standard InChI is InChI=1S/C17H27NO2/c1-6-18-17(5,16(19)20-7-2)15-10-8-14(9-11-15)12-13(3)4/h8-11,13,18H,6-7,12H2,1-5H3. The zero-order valence-electron chi connectivity index (χ0n) is 13.3. The Bertz CT molecular complexity index is 425. The van der Waals surface area contributed by atoms with Crippen molar-refractivity contribution in [2.75, 3.05) is 13.2 Å². The van der Waals surface area contributed by atoms with Crippen molar-refractivity contribution in [2.24, 2.45) is 5.92 Å². The summed E-state index contributed by atoms with van der Waals surface area (Å²) in [4.78, 5) is 12.2. The van der Waals surface area contributed by atoms with Crippen LogP contribution in [0.4, 0.5) is 0 Å². The molecule has 0 fully saturated rings. The molecule has 0 aliphatic rings. The number of carbonyl (C=O) groups is 1. The van der Waals surface area contributed by atoms with Gasteiger partial charge in [0, 0.05) is 0 Å². The second-order valence-corrected chi connectivity index (χ2v) is 5.67. The van der Waals surface area contributed by atoms with Gasteiger partial charge in [-0.2, -0.15) is 0 Å². The first kappa shape index (κ1) is 16.7. The van der Waals surface area contributed by atoms with E-state index in [0.717, 1.165) is 12.0 Å². The summed E-state index contributed by atoms with van der Waals surface area (Å²) in [6, 6.07) is 8.25. The van der Waals surface area contributed by atoms with Gasteiger partial charge in [-0.05, 0) is 43.9 Å². The van der Waals surface area contributed by atoms with Gasteiger partial charge in [-0.3, -0.25) is 5.32 Å². The largest absolute Gasteiger partial charge is 0.464 e. The number of ether oxygens (including phenoxy) is 1. The third-order valence-corrected chi connectivity index (χ3v) is 3.39. The Hall–Kier alpha value is -1.35.